The average molecular weight is 339 g/mol. The molecule has 6 heteroatoms. The highest BCUT2D eigenvalue weighted by Gasteiger charge is 2.36. The van der Waals surface area contributed by atoms with E-state index in [4.69, 9.17) is 5.26 Å². The van der Waals surface area contributed by atoms with Crippen LogP contribution < -0.4 is 10.6 Å². The molecule has 2 aromatic carbocycles. The molecule has 2 rings (SSSR count). The lowest BCUT2D eigenvalue weighted by Crippen LogP contribution is -2.45. The van der Waals surface area contributed by atoms with E-state index >= 15 is 0 Å². The maximum absolute atomic E-state index is 13.6. The van der Waals surface area contributed by atoms with Gasteiger partial charge in [-0.25, -0.2) is 4.39 Å². The van der Waals surface area contributed by atoms with Crippen molar-refractivity contribution < 1.29 is 14.0 Å². The summed E-state index contributed by atoms with van der Waals surface area (Å²) in [6.45, 7) is 2.95. The Bertz CT molecular complexity index is 841. The Labute approximate surface area is 145 Å². The Morgan fingerprint density at radius 2 is 1.84 bits per heavy atom. The molecule has 0 bridgehead atoms. The molecule has 0 radical (unpaired) electrons. The fraction of sp³-hybridized carbons (Fsp3) is 0.211. The van der Waals surface area contributed by atoms with Gasteiger partial charge in [-0.2, -0.15) is 5.26 Å². The molecule has 128 valence electrons. The van der Waals surface area contributed by atoms with Crippen LogP contribution in [-0.2, 0) is 16.1 Å². The summed E-state index contributed by atoms with van der Waals surface area (Å²) in [6.07, 6.45) is 0. The van der Waals surface area contributed by atoms with Crippen molar-refractivity contribution in [2.24, 2.45) is 5.41 Å². The number of nitrogens with one attached hydrogen (secondary N) is 2. The maximum atomic E-state index is 13.6. The lowest BCUT2D eigenvalue weighted by atomic mass is 9.90. The molecule has 0 aliphatic carbocycles. The Hall–Kier alpha value is -3.20. The summed E-state index contributed by atoms with van der Waals surface area (Å²) >= 11 is 0. The van der Waals surface area contributed by atoms with Gasteiger partial charge in [0.25, 0.3) is 0 Å². The van der Waals surface area contributed by atoms with Crippen molar-refractivity contribution in [2.75, 3.05) is 5.32 Å². The van der Waals surface area contributed by atoms with Crippen LogP contribution in [0.4, 0.5) is 10.1 Å². The van der Waals surface area contributed by atoms with E-state index in [0.29, 0.717) is 16.8 Å². The molecule has 0 aromatic heterocycles. The molecule has 0 spiro atoms. The first-order chi connectivity index (χ1) is 11.8. The number of hydrogen-bond acceptors (Lipinski definition) is 3. The number of rotatable bonds is 5. The molecule has 0 aliphatic rings. The molecular formula is C19H18FN3O2. The highest BCUT2D eigenvalue weighted by atomic mass is 19.1. The van der Waals surface area contributed by atoms with Gasteiger partial charge in [0.1, 0.15) is 11.2 Å². The Balaban J connectivity index is 2.03. The molecular weight excluding hydrogens is 321 g/mol. The van der Waals surface area contributed by atoms with Crippen molar-refractivity contribution in [1.82, 2.24) is 5.32 Å². The molecule has 0 heterocycles. The number of hydrogen-bond donors (Lipinski definition) is 2. The standard InChI is InChI=1S/C19H18FN3O2/c1-19(2,17(24)22-12-14-7-3-4-9-16(14)20)18(25)23-15-8-5-6-13(10-15)11-21/h3-10H,12H2,1-2H3,(H,22,24)(H,23,25). The number of benzene rings is 2. The molecule has 2 amide bonds. The zero-order chi connectivity index (χ0) is 18.4. The van der Waals surface area contributed by atoms with Gasteiger partial charge in [-0.3, -0.25) is 9.59 Å². The Kier molecular flexibility index (Phi) is 5.50. The fourth-order valence-electron chi connectivity index (χ4n) is 2.10. The molecule has 0 fully saturated rings. The molecule has 25 heavy (non-hydrogen) atoms. The second-order valence-corrected chi connectivity index (χ2v) is 6.05. The van der Waals surface area contributed by atoms with E-state index in [1.54, 1.807) is 36.4 Å². The lowest BCUT2D eigenvalue weighted by molar-refractivity contribution is -0.138. The largest absolute Gasteiger partial charge is 0.351 e. The van der Waals surface area contributed by atoms with Gasteiger partial charge >= 0.3 is 0 Å². The van der Waals surface area contributed by atoms with Crippen LogP contribution in [0, 0.1) is 22.6 Å². The van der Waals surface area contributed by atoms with E-state index in [1.807, 2.05) is 6.07 Å². The van der Waals surface area contributed by atoms with Crippen molar-refractivity contribution in [3.63, 3.8) is 0 Å². The third kappa shape index (κ3) is 4.42. The number of nitriles is 1. The van der Waals surface area contributed by atoms with Gasteiger partial charge in [0, 0.05) is 17.8 Å². The van der Waals surface area contributed by atoms with Crippen molar-refractivity contribution in [3.05, 3.63) is 65.5 Å². The van der Waals surface area contributed by atoms with Crippen molar-refractivity contribution in [3.8, 4) is 6.07 Å². The summed E-state index contributed by atoms with van der Waals surface area (Å²) in [4.78, 5) is 24.8. The SMILES string of the molecule is CC(C)(C(=O)NCc1ccccc1F)C(=O)Nc1cccc(C#N)c1. The second kappa shape index (κ2) is 7.58. The third-order valence-electron chi connectivity index (χ3n) is 3.78. The predicted molar refractivity (Wildman–Crippen MR) is 91.8 cm³/mol. The van der Waals surface area contributed by atoms with Gasteiger partial charge in [0.05, 0.1) is 11.6 Å². The van der Waals surface area contributed by atoms with Gasteiger partial charge in [0.15, 0.2) is 0 Å². The topological polar surface area (TPSA) is 82.0 Å². The minimum absolute atomic E-state index is 0.00780. The number of halogens is 1. The summed E-state index contributed by atoms with van der Waals surface area (Å²) in [6, 6.07) is 14.5. The molecule has 5 nitrogen and oxygen atoms in total. The molecule has 2 N–H and O–H groups in total. The molecule has 0 saturated heterocycles. The summed E-state index contributed by atoms with van der Waals surface area (Å²) < 4.78 is 13.6. The number of amides is 2. The quantitative estimate of drug-likeness (QED) is 0.822. The van der Waals surface area contributed by atoms with Gasteiger partial charge in [-0.05, 0) is 38.1 Å². The summed E-state index contributed by atoms with van der Waals surface area (Å²) in [5.41, 5.74) is -0.194. The van der Waals surface area contributed by atoms with Gasteiger partial charge in [-0.1, -0.05) is 24.3 Å². The molecule has 0 aliphatic heterocycles. The van der Waals surface area contributed by atoms with Crippen molar-refractivity contribution >= 4 is 17.5 Å². The Morgan fingerprint density at radius 1 is 1.12 bits per heavy atom. The summed E-state index contributed by atoms with van der Waals surface area (Å²) in [7, 11) is 0. The number of carbonyl (C=O) groups is 2. The number of nitrogens with zero attached hydrogens (tertiary/aromatic N) is 1. The van der Waals surface area contributed by atoms with Crippen molar-refractivity contribution in [2.45, 2.75) is 20.4 Å². The van der Waals surface area contributed by atoms with Crippen LogP contribution in [0.5, 0.6) is 0 Å². The first-order valence-corrected chi connectivity index (χ1v) is 7.68. The summed E-state index contributed by atoms with van der Waals surface area (Å²) in [5.74, 6) is -1.46. The van der Waals surface area contributed by atoms with Crippen LogP contribution in [-0.4, -0.2) is 11.8 Å². The minimum Gasteiger partial charge on any atom is -0.351 e. The normalized spacial score (nSPS) is 10.6. The third-order valence-corrected chi connectivity index (χ3v) is 3.78. The lowest BCUT2D eigenvalue weighted by Gasteiger charge is -2.23. The second-order valence-electron chi connectivity index (χ2n) is 6.05. The van der Waals surface area contributed by atoms with Crippen LogP contribution in [0.2, 0.25) is 0 Å². The van der Waals surface area contributed by atoms with Gasteiger partial charge in [-0.15, -0.1) is 0 Å². The predicted octanol–water partition coefficient (Wildman–Crippen LogP) is 2.98. The van der Waals surface area contributed by atoms with Crippen molar-refractivity contribution in [1.29, 1.82) is 5.26 Å². The maximum Gasteiger partial charge on any atom is 0.239 e. The van der Waals surface area contributed by atoms with Crippen LogP contribution in [0.15, 0.2) is 48.5 Å². The first-order valence-electron chi connectivity index (χ1n) is 7.68. The van der Waals surface area contributed by atoms with Crippen LogP contribution in [0.1, 0.15) is 25.0 Å². The average Bonchev–Trinajstić information content (AvgIpc) is 2.60. The van der Waals surface area contributed by atoms with E-state index in [9.17, 15) is 14.0 Å². The van der Waals surface area contributed by atoms with Crippen LogP contribution in [0.25, 0.3) is 0 Å². The molecule has 0 atom stereocenters. The van der Waals surface area contributed by atoms with E-state index in [2.05, 4.69) is 10.6 Å². The minimum atomic E-state index is -1.37. The highest BCUT2D eigenvalue weighted by Crippen LogP contribution is 2.20. The highest BCUT2D eigenvalue weighted by molar-refractivity contribution is 6.09. The van der Waals surface area contributed by atoms with Crippen LogP contribution in [0.3, 0.4) is 0 Å². The van der Waals surface area contributed by atoms with Gasteiger partial charge < -0.3 is 10.6 Å². The van der Waals surface area contributed by atoms with E-state index in [0.717, 1.165) is 0 Å². The van der Waals surface area contributed by atoms with Gasteiger partial charge in [0.2, 0.25) is 11.8 Å². The summed E-state index contributed by atoms with van der Waals surface area (Å²) in [5, 5.41) is 14.1. The van der Waals surface area contributed by atoms with Crippen LogP contribution >= 0.6 is 0 Å². The molecule has 2 aromatic rings. The van der Waals surface area contributed by atoms with E-state index in [-0.39, 0.29) is 6.54 Å². The smallest absolute Gasteiger partial charge is 0.239 e. The van der Waals surface area contributed by atoms with E-state index < -0.39 is 23.0 Å². The molecule has 0 saturated carbocycles. The number of anilines is 1. The zero-order valence-corrected chi connectivity index (χ0v) is 14.0. The molecule has 0 unspecified atom stereocenters. The fourth-order valence-corrected chi connectivity index (χ4v) is 2.10. The first kappa shape index (κ1) is 18.1. The monoisotopic (exact) mass is 339 g/mol. The Morgan fingerprint density at radius 3 is 2.52 bits per heavy atom. The van der Waals surface area contributed by atoms with E-state index in [1.165, 1.54) is 26.0 Å². The zero-order valence-electron chi connectivity index (χ0n) is 14.0. The number of carbonyl (C=O) groups excluding carboxylic acids is 2.